The second kappa shape index (κ2) is 8.22. The summed E-state index contributed by atoms with van der Waals surface area (Å²) in [5, 5.41) is 0. The van der Waals surface area contributed by atoms with Gasteiger partial charge in [0.15, 0.2) is 11.5 Å². The van der Waals surface area contributed by atoms with E-state index in [-0.39, 0.29) is 11.3 Å². The molecule has 1 saturated heterocycles. The van der Waals surface area contributed by atoms with E-state index in [0.717, 1.165) is 42.7 Å². The highest BCUT2D eigenvalue weighted by atomic mass is 16.4. The van der Waals surface area contributed by atoms with Crippen LogP contribution in [-0.4, -0.2) is 43.0 Å². The number of anilines is 1. The molecule has 0 saturated carbocycles. The van der Waals surface area contributed by atoms with Crippen LogP contribution in [-0.2, 0) is 5.41 Å². The lowest BCUT2D eigenvalue weighted by Crippen LogP contribution is -2.28. The number of rotatable bonds is 4. The zero-order chi connectivity index (χ0) is 22.2. The maximum atomic E-state index is 13.2. The molecule has 31 heavy (non-hydrogen) atoms. The Morgan fingerprint density at radius 3 is 2.06 bits per heavy atom. The van der Waals surface area contributed by atoms with Crippen molar-refractivity contribution in [1.82, 2.24) is 9.88 Å². The highest BCUT2D eigenvalue weighted by Crippen LogP contribution is 2.33. The molecule has 0 unspecified atom stereocenters. The number of carbonyl (C=O) groups excluding carboxylic acids is 1. The zero-order valence-corrected chi connectivity index (χ0v) is 19.1. The fraction of sp³-hybridized carbons (Fsp3) is 0.385. The molecule has 1 aromatic heterocycles. The molecule has 2 heterocycles. The van der Waals surface area contributed by atoms with Crippen LogP contribution in [0.3, 0.4) is 0 Å². The van der Waals surface area contributed by atoms with Crippen LogP contribution in [0.4, 0.5) is 5.69 Å². The molecule has 5 nitrogen and oxygen atoms in total. The maximum Gasteiger partial charge on any atom is 0.276 e. The maximum absolute atomic E-state index is 13.2. The zero-order valence-electron chi connectivity index (χ0n) is 19.1. The SMILES string of the molecule is CN(C)c1ccc(-c2oc(-c3ccc(C(C)(C)C)cc3)nc2C(=O)N2CCCC2)cc1. The number of oxazole rings is 1. The summed E-state index contributed by atoms with van der Waals surface area (Å²) in [6, 6.07) is 16.3. The average Bonchev–Trinajstić information content (AvgIpc) is 3.43. The smallest absolute Gasteiger partial charge is 0.276 e. The second-order valence-electron chi connectivity index (χ2n) is 9.46. The van der Waals surface area contributed by atoms with Crippen molar-refractivity contribution < 1.29 is 9.21 Å². The number of nitrogens with zero attached hydrogens (tertiary/aromatic N) is 3. The van der Waals surface area contributed by atoms with E-state index in [2.05, 4.69) is 37.9 Å². The van der Waals surface area contributed by atoms with Gasteiger partial charge < -0.3 is 14.2 Å². The van der Waals surface area contributed by atoms with Gasteiger partial charge in [0.1, 0.15) is 0 Å². The Hall–Kier alpha value is -3.08. The van der Waals surface area contributed by atoms with Crippen molar-refractivity contribution in [2.24, 2.45) is 0 Å². The topological polar surface area (TPSA) is 49.6 Å². The Bertz CT molecular complexity index is 1050. The van der Waals surface area contributed by atoms with E-state index in [4.69, 9.17) is 4.42 Å². The normalized spacial score (nSPS) is 14.2. The van der Waals surface area contributed by atoms with Crippen molar-refractivity contribution in [3.8, 4) is 22.8 Å². The van der Waals surface area contributed by atoms with E-state index >= 15 is 0 Å². The first-order chi connectivity index (χ1) is 14.7. The fourth-order valence-corrected chi connectivity index (χ4v) is 3.88. The van der Waals surface area contributed by atoms with E-state index in [0.29, 0.717) is 17.3 Å². The molecule has 0 N–H and O–H groups in total. The number of aromatic nitrogens is 1. The van der Waals surface area contributed by atoms with Gasteiger partial charge in [-0.2, -0.15) is 0 Å². The summed E-state index contributed by atoms with van der Waals surface area (Å²) in [6.07, 6.45) is 2.08. The van der Waals surface area contributed by atoms with E-state index in [1.807, 2.05) is 60.3 Å². The van der Waals surface area contributed by atoms with Crippen LogP contribution in [0.2, 0.25) is 0 Å². The molecular weight excluding hydrogens is 386 g/mol. The minimum absolute atomic E-state index is 0.0505. The Morgan fingerprint density at radius 2 is 1.52 bits per heavy atom. The number of likely N-dealkylation sites (tertiary alicyclic amines) is 1. The van der Waals surface area contributed by atoms with E-state index in [9.17, 15) is 4.79 Å². The third-order valence-electron chi connectivity index (χ3n) is 5.87. The summed E-state index contributed by atoms with van der Waals surface area (Å²) in [6.45, 7) is 8.13. The van der Waals surface area contributed by atoms with Gasteiger partial charge in [0.2, 0.25) is 5.89 Å². The molecule has 1 aliphatic heterocycles. The van der Waals surface area contributed by atoms with Gasteiger partial charge in [0, 0.05) is 44.0 Å². The molecule has 4 rings (SSSR count). The molecular formula is C26H31N3O2. The van der Waals surface area contributed by atoms with Crippen LogP contribution in [0.15, 0.2) is 52.9 Å². The first-order valence-corrected chi connectivity index (χ1v) is 10.9. The van der Waals surface area contributed by atoms with Crippen LogP contribution in [0.5, 0.6) is 0 Å². The predicted molar refractivity (Wildman–Crippen MR) is 126 cm³/mol. The Morgan fingerprint density at radius 1 is 0.935 bits per heavy atom. The lowest BCUT2D eigenvalue weighted by atomic mass is 9.87. The minimum atomic E-state index is -0.0505. The van der Waals surface area contributed by atoms with Gasteiger partial charge in [-0.25, -0.2) is 4.98 Å². The van der Waals surface area contributed by atoms with Crippen molar-refractivity contribution in [2.75, 3.05) is 32.1 Å². The monoisotopic (exact) mass is 417 g/mol. The largest absolute Gasteiger partial charge is 0.435 e. The highest BCUT2D eigenvalue weighted by Gasteiger charge is 2.28. The lowest BCUT2D eigenvalue weighted by Gasteiger charge is -2.18. The molecule has 2 aromatic carbocycles. The summed E-state index contributed by atoms with van der Waals surface area (Å²) in [7, 11) is 4.01. The third-order valence-corrected chi connectivity index (χ3v) is 5.87. The first-order valence-electron chi connectivity index (χ1n) is 10.9. The molecule has 0 spiro atoms. The molecule has 0 atom stereocenters. The lowest BCUT2D eigenvalue weighted by molar-refractivity contribution is 0.0788. The molecule has 1 fully saturated rings. The predicted octanol–water partition coefficient (Wildman–Crippen LogP) is 5.61. The average molecular weight is 418 g/mol. The number of benzene rings is 2. The van der Waals surface area contributed by atoms with Gasteiger partial charge in [-0.3, -0.25) is 4.79 Å². The molecule has 0 aliphatic carbocycles. The number of carbonyl (C=O) groups is 1. The quantitative estimate of drug-likeness (QED) is 0.554. The first kappa shape index (κ1) is 21.2. The van der Waals surface area contributed by atoms with Crippen LogP contribution in [0.1, 0.15) is 49.7 Å². The fourth-order valence-electron chi connectivity index (χ4n) is 3.88. The van der Waals surface area contributed by atoms with Crippen LogP contribution in [0, 0.1) is 0 Å². The summed E-state index contributed by atoms with van der Waals surface area (Å²) in [5.74, 6) is 0.970. The molecule has 1 aliphatic rings. The van der Waals surface area contributed by atoms with Crippen molar-refractivity contribution in [3.63, 3.8) is 0 Å². The van der Waals surface area contributed by atoms with Crippen LogP contribution < -0.4 is 4.90 Å². The number of hydrogen-bond donors (Lipinski definition) is 0. The van der Waals surface area contributed by atoms with E-state index < -0.39 is 0 Å². The second-order valence-corrected chi connectivity index (χ2v) is 9.46. The summed E-state index contributed by atoms with van der Waals surface area (Å²) < 4.78 is 6.22. The Labute approximate surface area is 184 Å². The Balaban J connectivity index is 1.75. The van der Waals surface area contributed by atoms with Crippen molar-refractivity contribution in [1.29, 1.82) is 0 Å². The molecule has 1 amide bonds. The highest BCUT2D eigenvalue weighted by molar-refractivity contribution is 5.98. The molecule has 0 bridgehead atoms. The van der Waals surface area contributed by atoms with Crippen molar-refractivity contribution in [2.45, 2.75) is 39.0 Å². The van der Waals surface area contributed by atoms with Crippen molar-refractivity contribution in [3.05, 3.63) is 59.8 Å². The van der Waals surface area contributed by atoms with Gasteiger partial charge in [-0.15, -0.1) is 0 Å². The van der Waals surface area contributed by atoms with Gasteiger partial charge in [0.25, 0.3) is 5.91 Å². The van der Waals surface area contributed by atoms with Gasteiger partial charge >= 0.3 is 0 Å². The van der Waals surface area contributed by atoms with Crippen LogP contribution in [0.25, 0.3) is 22.8 Å². The van der Waals surface area contributed by atoms with E-state index in [1.54, 1.807) is 0 Å². The molecule has 5 heteroatoms. The van der Waals surface area contributed by atoms with Gasteiger partial charge in [-0.05, 0) is 60.2 Å². The third kappa shape index (κ3) is 4.36. The van der Waals surface area contributed by atoms with E-state index in [1.165, 1.54) is 5.56 Å². The standard InChI is InChI=1S/C26H31N3O2/c1-26(2,3)20-12-8-19(9-13-20)24-27-22(25(30)29-16-6-7-17-29)23(31-24)18-10-14-21(15-11-18)28(4)5/h8-15H,6-7,16-17H2,1-5H3. The van der Waals surface area contributed by atoms with Gasteiger partial charge in [-0.1, -0.05) is 32.9 Å². The minimum Gasteiger partial charge on any atom is -0.435 e. The Kier molecular flexibility index (Phi) is 5.61. The molecule has 162 valence electrons. The van der Waals surface area contributed by atoms with Crippen LogP contribution >= 0.6 is 0 Å². The van der Waals surface area contributed by atoms with Gasteiger partial charge in [0.05, 0.1) is 0 Å². The summed E-state index contributed by atoms with van der Waals surface area (Å²) in [5.41, 5.74) is 4.54. The summed E-state index contributed by atoms with van der Waals surface area (Å²) in [4.78, 5) is 21.8. The number of hydrogen-bond acceptors (Lipinski definition) is 4. The number of amides is 1. The van der Waals surface area contributed by atoms with Crippen molar-refractivity contribution >= 4 is 11.6 Å². The molecule has 0 radical (unpaired) electrons. The summed E-state index contributed by atoms with van der Waals surface area (Å²) >= 11 is 0. The molecule has 3 aromatic rings.